The van der Waals surface area contributed by atoms with E-state index in [0.717, 1.165) is 0 Å². The number of benzene rings is 1. The Balaban J connectivity index is 2.34. The molecule has 2 heteroatoms. The van der Waals surface area contributed by atoms with Crippen LogP contribution < -0.4 is 0 Å². The maximum Gasteiger partial charge on any atom is 0.112 e. The standard InChI is InChI=1S/C12H16O2/c1-7-4-8(2)11(9(3)5-7)12-10(6-13)14-12/h4-5,10,12-13H,6H2,1-3H3/t10-,12+/m0/s1. The van der Waals surface area contributed by atoms with Gasteiger partial charge in [0.15, 0.2) is 0 Å². The Hall–Kier alpha value is -0.860. The van der Waals surface area contributed by atoms with E-state index in [0.29, 0.717) is 0 Å². The molecule has 1 aliphatic rings. The summed E-state index contributed by atoms with van der Waals surface area (Å²) in [4.78, 5) is 0. The summed E-state index contributed by atoms with van der Waals surface area (Å²) >= 11 is 0. The number of hydrogen-bond donors (Lipinski definition) is 1. The van der Waals surface area contributed by atoms with Crippen LogP contribution in [0.4, 0.5) is 0 Å². The lowest BCUT2D eigenvalue weighted by Crippen LogP contribution is -1.99. The van der Waals surface area contributed by atoms with Crippen LogP contribution in [0, 0.1) is 20.8 Å². The molecular weight excluding hydrogens is 176 g/mol. The minimum atomic E-state index is 0.0232. The van der Waals surface area contributed by atoms with Crippen LogP contribution in [0.25, 0.3) is 0 Å². The van der Waals surface area contributed by atoms with Gasteiger partial charge in [0.05, 0.1) is 6.61 Å². The van der Waals surface area contributed by atoms with Crippen LogP contribution in [0.5, 0.6) is 0 Å². The van der Waals surface area contributed by atoms with Crippen LogP contribution in [0.3, 0.4) is 0 Å². The predicted molar refractivity (Wildman–Crippen MR) is 55.4 cm³/mol. The number of aliphatic hydroxyl groups excluding tert-OH is 1. The van der Waals surface area contributed by atoms with Crippen molar-refractivity contribution in [2.75, 3.05) is 6.61 Å². The van der Waals surface area contributed by atoms with Crippen LogP contribution >= 0.6 is 0 Å². The van der Waals surface area contributed by atoms with E-state index >= 15 is 0 Å². The summed E-state index contributed by atoms with van der Waals surface area (Å²) < 4.78 is 5.40. The van der Waals surface area contributed by atoms with E-state index in [1.54, 1.807) is 0 Å². The number of hydrogen-bond acceptors (Lipinski definition) is 2. The smallest absolute Gasteiger partial charge is 0.112 e. The lowest BCUT2D eigenvalue weighted by atomic mass is 9.96. The Labute approximate surface area is 84.5 Å². The molecule has 0 bridgehead atoms. The van der Waals surface area contributed by atoms with E-state index in [4.69, 9.17) is 9.84 Å². The molecule has 0 aromatic heterocycles. The number of rotatable bonds is 2. The molecule has 1 heterocycles. The zero-order valence-corrected chi connectivity index (χ0v) is 8.87. The zero-order chi connectivity index (χ0) is 10.3. The topological polar surface area (TPSA) is 32.8 Å². The first-order chi connectivity index (χ1) is 6.63. The van der Waals surface area contributed by atoms with Gasteiger partial charge in [-0.25, -0.2) is 0 Å². The van der Waals surface area contributed by atoms with Gasteiger partial charge in [-0.1, -0.05) is 17.7 Å². The molecule has 0 unspecified atom stereocenters. The summed E-state index contributed by atoms with van der Waals surface area (Å²) in [6, 6.07) is 4.33. The summed E-state index contributed by atoms with van der Waals surface area (Å²) in [5.74, 6) is 0. The number of aliphatic hydroxyl groups is 1. The summed E-state index contributed by atoms with van der Waals surface area (Å²) in [6.45, 7) is 6.43. The van der Waals surface area contributed by atoms with Crippen LogP contribution in [0.15, 0.2) is 12.1 Å². The fraction of sp³-hybridized carbons (Fsp3) is 0.500. The maximum atomic E-state index is 8.95. The number of aryl methyl sites for hydroxylation is 3. The molecule has 0 amide bonds. The predicted octanol–water partition coefficient (Wildman–Crippen LogP) is 2.04. The monoisotopic (exact) mass is 192 g/mol. The van der Waals surface area contributed by atoms with Crippen LogP contribution in [-0.2, 0) is 4.74 Å². The first-order valence-electron chi connectivity index (χ1n) is 4.97. The Morgan fingerprint density at radius 2 is 1.79 bits per heavy atom. The van der Waals surface area contributed by atoms with Gasteiger partial charge in [0.1, 0.15) is 12.2 Å². The normalized spacial score (nSPS) is 25.1. The van der Waals surface area contributed by atoms with Crippen molar-refractivity contribution in [2.45, 2.75) is 33.0 Å². The minimum Gasteiger partial charge on any atom is -0.394 e. The first kappa shape index (κ1) is 9.69. The van der Waals surface area contributed by atoms with Gasteiger partial charge in [-0.05, 0) is 37.5 Å². The molecule has 1 aromatic carbocycles. The van der Waals surface area contributed by atoms with Gasteiger partial charge in [0, 0.05) is 0 Å². The van der Waals surface area contributed by atoms with Gasteiger partial charge >= 0.3 is 0 Å². The van der Waals surface area contributed by atoms with Crippen molar-refractivity contribution in [3.63, 3.8) is 0 Å². The van der Waals surface area contributed by atoms with Crippen molar-refractivity contribution in [3.05, 3.63) is 34.4 Å². The van der Waals surface area contributed by atoms with Crippen molar-refractivity contribution in [1.82, 2.24) is 0 Å². The van der Waals surface area contributed by atoms with Gasteiger partial charge in [-0.3, -0.25) is 0 Å². The SMILES string of the molecule is Cc1cc(C)c([C@@H]2O[C@H]2CO)c(C)c1. The molecule has 1 fully saturated rings. The molecular formula is C12H16O2. The molecule has 2 atom stereocenters. The van der Waals surface area contributed by atoms with E-state index in [9.17, 15) is 0 Å². The average Bonchev–Trinajstić information content (AvgIpc) is 2.81. The highest BCUT2D eigenvalue weighted by molar-refractivity contribution is 5.41. The second kappa shape index (κ2) is 3.37. The highest BCUT2D eigenvalue weighted by Gasteiger charge is 2.41. The van der Waals surface area contributed by atoms with E-state index < -0.39 is 0 Å². The fourth-order valence-corrected chi connectivity index (χ4v) is 2.18. The van der Waals surface area contributed by atoms with E-state index in [1.165, 1.54) is 22.3 Å². The quantitative estimate of drug-likeness (QED) is 0.727. The van der Waals surface area contributed by atoms with Crippen molar-refractivity contribution in [2.24, 2.45) is 0 Å². The van der Waals surface area contributed by atoms with E-state index in [2.05, 4.69) is 32.9 Å². The van der Waals surface area contributed by atoms with Crippen molar-refractivity contribution in [3.8, 4) is 0 Å². The maximum absolute atomic E-state index is 8.95. The second-order valence-corrected chi connectivity index (χ2v) is 4.09. The van der Waals surface area contributed by atoms with Gasteiger partial charge in [0.25, 0.3) is 0 Å². The van der Waals surface area contributed by atoms with Crippen LogP contribution in [0.2, 0.25) is 0 Å². The Bertz CT molecular complexity index is 334. The lowest BCUT2D eigenvalue weighted by Gasteiger charge is -2.08. The van der Waals surface area contributed by atoms with Crippen LogP contribution in [0.1, 0.15) is 28.4 Å². The zero-order valence-electron chi connectivity index (χ0n) is 8.87. The molecule has 1 saturated heterocycles. The average molecular weight is 192 g/mol. The molecule has 1 aliphatic heterocycles. The third-order valence-corrected chi connectivity index (χ3v) is 2.78. The highest BCUT2D eigenvalue weighted by atomic mass is 16.6. The molecule has 0 radical (unpaired) electrons. The molecule has 2 rings (SSSR count). The molecule has 1 N–H and O–H groups in total. The molecule has 0 saturated carbocycles. The van der Waals surface area contributed by atoms with Gasteiger partial charge < -0.3 is 9.84 Å². The Morgan fingerprint density at radius 3 is 2.21 bits per heavy atom. The molecule has 1 aromatic rings. The second-order valence-electron chi connectivity index (χ2n) is 4.09. The summed E-state index contributed by atoms with van der Waals surface area (Å²) in [7, 11) is 0. The molecule has 76 valence electrons. The van der Waals surface area contributed by atoms with Crippen LogP contribution in [-0.4, -0.2) is 17.8 Å². The highest BCUT2D eigenvalue weighted by Crippen LogP contribution is 2.41. The summed E-state index contributed by atoms with van der Waals surface area (Å²) in [5, 5.41) is 8.95. The van der Waals surface area contributed by atoms with Gasteiger partial charge in [-0.15, -0.1) is 0 Å². The lowest BCUT2D eigenvalue weighted by molar-refractivity contribution is 0.242. The number of ether oxygens (including phenoxy) is 1. The minimum absolute atomic E-state index is 0.0232. The molecule has 2 nitrogen and oxygen atoms in total. The summed E-state index contributed by atoms with van der Waals surface area (Å²) in [5.41, 5.74) is 5.08. The van der Waals surface area contributed by atoms with Crippen molar-refractivity contribution >= 4 is 0 Å². The Kier molecular flexibility index (Phi) is 2.33. The number of epoxide rings is 1. The fourth-order valence-electron chi connectivity index (χ4n) is 2.18. The van der Waals surface area contributed by atoms with E-state index in [-0.39, 0.29) is 18.8 Å². The third kappa shape index (κ3) is 1.56. The molecule has 0 aliphatic carbocycles. The first-order valence-corrected chi connectivity index (χ1v) is 4.97. The van der Waals surface area contributed by atoms with Gasteiger partial charge in [-0.2, -0.15) is 0 Å². The molecule has 14 heavy (non-hydrogen) atoms. The Morgan fingerprint density at radius 1 is 1.21 bits per heavy atom. The largest absolute Gasteiger partial charge is 0.394 e. The summed E-state index contributed by atoms with van der Waals surface area (Å²) in [6.07, 6.45) is 0.149. The van der Waals surface area contributed by atoms with E-state index in [1.807, 2.05) is 0 Å². The molecule has 0 spiro atoms. The van der Waals surface area contributed by atoms with Gasteiger partial charge in [0.2, 0.25) is 0 Å². The van der Waals surface area contributed by atoms with Crippen molar-refractivity contribution < 1.29 is 9.84 Å². The third-order valence-electron chi connectivity index (χ3n) is 2.78. The van der Waals surface area contributed by atoms with Crippen molar-refractivity contribution in [1.29, 1.82) is 0 Å².